The maximum Gasteiger partial charge on any atom is 0.251 e. The third kappa shape index (κ3) is 3.67. The molecule has 0 saturated carbocycles. The summed E-state index contributed by atoms with van der Waals surface area (Å²) in [6.07, 6.45) is 5.04. The van der Waals surface area contributed by atoms with Gasteiger partial charge in [-0.05, 0) is 30.3 Å². The van der Waals surface area contributed by atoms with Gasteiger partial charge in [-0.1, -0.05) is 26.7 Å². The molecule has 3 heteroatoms. The molecule has 0 N–H and O–H groups in total. The molecule has 0 spiro atoms. The molecule has 72 valence electrons. The van der Waals surface area contributed by atoms with Crippen LogP contribution in [-0.4, -0.2) is 6.69 Å². The van der Waals surface area contributed by atoms with Crippen LogP contribution in [0.2, 0.25) is 12.1 Å². The van der Waals surface area contributed by atoms with Crippen molar-refractivity contribution in [3.63, 3.8) is 0 Å². The lowest BCUT2D eigenvalue weighted by Gasteiger charge is -2.30. The van der Waals surface area contributed by atoms with Gasteiger partial charge in [-0.15, -0.1) is 22.2 Å². The molecule has 1 heterocycles. The van der Waals surface area contributed by atoms with Crippen molar-refractivity contribution in [2.45, 2.75) is 51.6 Å². The third-order valence-electron chi connectivity index (χ3n) is 2.79. The fraction of sp³-hybridized carbons (Fsp3) is 1.00. The Hall–Kier alpha value is 0.797. The molecule has 12 heavy (non-hydrogen) atoms. The van der Waals surface area contributed by atoms with E-state index in [4.69, 9.17) is 22.2 Å². The van der Waals surface area contributed by atoms with E-state index in [0.717, 1.165) is 12.1 Å². The summed E-state index contributed by atoms with van der Waals surface area (Å²) >= 11 is 12.5. The van der Waals surface area contributed by atoms with E-state index < -0.39 is 6.69 Å². The van der Waals surface area contributed by atoms with Crippen LogP contribution >= 0.6 is 22.2 Å². The Morgan fingerprint density at radius 2 is 1.42 bits per heavy atom. The monoisotopic (exact) mass is 224 g/mol. The minimum absolute atomic E-state index is 0.526. The van der Waals surface area contributed by atoms with Gasteiger partial charge in [0.1, 0.15) is 0 Å². The van der Waals surface area contributed by atoms with Gasteiger partial charge in [0.2, 0.25) is 0 Å². The highest BCUT2D eigenvalue weighted by molar-refractivity contribution is 7.45. The lowest BCUT2D eigenvalue weighted by atomic mass is 9.83. The van der Waals surface area contributed by atoms with Crippen LogP contribution in [0.3, 0.4) is 0 Å². The predicted octanol–water partition coefficient (Wildman–Crippen LogP) is 4.51. The van der Waals surface area contributed by atoms with E-state index in [1.807, 2.05) is 0 Å². The number of rotatable bonds is 0. The Labute approximate surface area is 86.1 Å². The van der Waals surface area contributed by atoms with Gasteiger partial charge in [0.15, 0.2) is 0 Å². The van der Waals surface area contributed by atoms with Crippen molar-refractivity contribution in [1.82, 2.24) is 0 Å². The SMILES string of the molecule is CC1(C)CCC[Si](Cl)(Cl)CCC1. The van der Waals surface area contributed by atoms with E-state index in [-0.39, 0.29) is 0 Å². The first kappa shape index (κ1) is 10.9. The normalized spacial score (nSPS) is 29.0. The summed E-state index contributed by atoms with van der Waals surface area (Å²) in [5, 5.41) is 0. The van der Waals surface area contributed by atoms with Crippen LogP contribution in [0.15, 0.2) is 0 Å². The van der Waals surface area contributed by atoms with E-state index in [1.54, 1.807) is 0 Å². The quantitative estimate of drug-likeness (QED) is 0.420. The Morgan fingerprint density at radius 3 is 1.83 bits per heavy atom. The molecule has 0 atom stereocenters. The van der Waals surface area contributed by atoms with Crippen LogP contribution < -0.4 is 0 Å². The zero-order chi connectivity index (χ0) is 9.24. The fourth-order valence-corrected chi connectivity index (χ4v) is 5.14. The van der Waals surface area contributed by atoms with Crippen LogP contribution in [-0.2, 0) is 0 Å². The van der Waals surface area contributed by atoms with Gasteiger partial charge in [0.05, 0.1) is 0 Å². The van der Waals surface area contributed by atoms with Crippen LogP contribution in [0.5, 0.6) is 0 Å². The average molecular weight is 225 g/mol. The summed E-state index contributed by atoms with van der Waals surface area (Å²) in [7, 11) is 0. The van der Waals surface area contributed by atoms with Gasteiger partial charge in [0, 0.05) is 0 Å². The van der Waals surface area contributed by atoms with E-state index in [1.165, 1.54) is 25.7 Å². The maximum atomic E-state index is 6.25. The van der Waals surface area contributed by atoms with Crippen LogP contribution in [0.4, 0.5) is 0 Å². The molecule has 0 aliphatic carbocycles. The lowest BCUT2D eigenvalue weighted by molar-refractivity contribution is 0.296. The van der Waals surface area contributed by atoms with Crippen molar-refractivity contribution in [2.24, 2.45) is 5.41 Å². The smallest absolute Gasteiger partial charge is 0.146 e. The van der Waals surface area contributed by atoms with E-state index in [2.05, 4.69) is 13.8 Å². The number of hydrogen-bond acceptors (Lipinski definition) is 0. The average Bonchev–Trinajstić information content (AvgIpc) is 1.82. The molecule has 0 aromatic rings. The Morgan fingerprint density at radius 1 is 1.00 bits per heavy atom. The first-order valence-electron chi connectivity index (χ1n) is 4.79. The molecule has 1 aliphatic heterocycles. The van der Waals surface area contributed by atoms with Gasteiger partial charge in [0.25, 0.3) is 6.69 Å². The molecule has 1 rings (SSSR count). The number of halogens is 2. The molecule has 0 aromatic carbocycles. The van der Waals surface area contributed by atoms with E-state index in [0.29, 0.717) is 5.41 Å². The van der Waals surface area contributed by atoms with Crippen LogP contribution in [0.25, 0.3) is 0 Å². The number of hydrogen-bond donors (Lipinski definition) is 0. The second-order valence-electron chi connectivity index (χ2n) is 4.73. The van der Waals surface area contributed by atoms with Crippen LogP contribution in [0, 0.1) is 5.41 Å². The highest BCUT2D eigenvalue weighted by atomic mass is 35.7. The van der Waals surface area contributed by atoms with Gasteiger partial charge in [-0.2, -0.15) is 0 Å². The summed E-state index contributed by atoms with van der Waals surface area (Å²) in [4.78, 5) is 0. The first-order valence-corrected chi connectivity index (χ1v) is 9.23. The van der Waals surface area contributed by atoms with E-state index in [9.17, 15) is 0 Å². The molecule has 0 amide bonds. The van der Waals surface area contributed by atoms with Gasteiger partial charge in [-0.3, -0.25) is 0 Å². The fourth-order valence-electron chi connectivity index (χ4n) is 1.90. The summed E-state index contributed by atoms with van der Waals surface area (Å²) in [6.45, 7) is 2.91. The van der Waals surface area contributed by atoms with Gasteiger partial charge in [-0.25, -0.2) is 0 Å². The summed E-state index contributed by atoms with van der Waals surface area (Å²) < 4.78 is 0. The second kappa shape index (κ2) is 3.89. The van der Waals surface area contributed by atoms with Crippen molar-refractivity contribution in [3.05, 3.63) is 0 Å². The van der Waals surface area contributed by atoms with Crippen LogP contribution in [0.1, 0.15) is 39.5 Å². The highest BCUT2D eigenvalue weighted by Gasteiger charge is 2.31. The molecular weight excluding hydrogens is 207 g/mol. The van der Waals surface area contributed by atoms with E-state index >= 15 is 0 Å². The molecule has 1 saturated heterocycles. The highest BCUT2D eigenvalue weighted by Crippen LogP contribution is 2.39. The van der Waals surface area contributed by atoms with Gasteiger partial charge < -0.3 is 0 Å². The molecule has 0 radical (unpaired) electrons. The zero-order valence-electron chi connectivity index (χ0n) is 8.00. The summed E-state index contributed by atoms with van der Waals surface area (Å²) in [6, 6.07) is 2.19. The molecule has 0 bridgehead atoms. The molecule has 1 fully saturated rings. The van der Waals surface area contributed by atoms with Crippen molar-refractivity contribution in [3.8, 4) is 0 Å². The van der Waals surface area contributed by atoms with Crippen molar-refractivity contribution in [1.29, 1.82) is 0 Å². The Bertz CT molecular complexity index is 125. The Kier molecular flexibility index (Phi) is 3.53. The van der Waals surface area contributed by atoms with Crippen molar-refractivity contribution in [2.75, 3.05) is 0 Å². The van der Waals surface area contributed by atoms with Crippen molar-refractivity contribution < 1.29 is 0 Å². The maximum absolute atomic E-state index is 6.25. The second-order valence-corrected chi connectivity index (χ2v) is 12.4. The molecule has 0 unspecified atom stereocenters. The summed E-state index contributed by atoms with van der Waals surface area (Å²) in [5.41, 5.74) is 0.526. The standard InChI is InChI=1S/C9H18Cl2Si/c1-9(2)5-3-7-12(10,11)8-4-6-9/h3-8H2,1-2H3. The topological polar surface area (TPSA) is 0 Å². The molecule has 0 nitrogen and oxygen atoms in total. The minimum Gasteiger partial charge on any atom is -0.146 e. The lowest BCUT2D eigenvalue weighted by Crippen LogP contribution is -2.24. The summed E-state index contributed by atoms with van der Waals surface area (Å²) in [5.74, 6) is 0. The minimum atomic E-state index is -1.79. The molecular formula is C9H18Cl2Si. The molecule has 1 aliphatic rings. The van der Waals surface area contributed by atoms with Crippen molar-refractivity contribution >= 4 is 28.9 Å². The third-order valence-corrected chi connectivity index (χ3v) is 7.23. The largest absolute Gasteiger partial charge is 0.251 e. The first-order chi connectivity index (χ1) is 5.41. The van der Waals surface area contributed by atoms with Gasteiger partial charge >= 0.3 is 0 Å². The molecule has 0 aromatic heterocycles. The predicted molar refractivity (Wildman–Crippen MR) is 59.3 cm³/mol. The Balaban J connectivity index is 2.45. The zero-order valence-corrected chi connectivity index (χ0v) is 10.5.